The molecule has 0 aromatic carbocycles. The van der Waals surface area contributed by atoms with E-state index in [1.54, 1.807) is 29.7 Å². The van der Waals surface area contributed by atoms with E-state index in [1.165, 1.54) is 4.88 Å². The Labute approximate surface area is 110 Å². The van der Waals surface area contributed by atoms with Crippen molar-refractivity contribution in [2.24, 2.45) is 0 Å². The molecule has 0 spiro atoms. The SMILES string of the molecule is CCc1ccc(CNC(=O)c2ncccc2N)s1. The average Bonchev–Trinajstić information content (AvgIpc) is 2.84. The van der Waals surface area contributed by atoms with Gasteiger partial charge in [0.25, 0.3) is 5.91 Å². The first-order valence-corrected chi connectivity index (χ1v) is 6.58. The van der Waals surface area contributed by atoms with Crippen LogP contribution in [-0.4, -0.2) is 10.9 Å². The Morgan fingerprint density at radius 3 is 2.83 bits per heavy atom. The van der Waals surface area contributed by atoms with Crippen molar-refractivity contribution in [1.82, 2.24) is 10.3 Å². The summed E-state index contributed by atoms with van der Waals surface area (Å²) in [5.74, 6) is -0.237. The lowest BCUT2D eigenvalue weighted by atomic mass is 10.3. The molecule has 18 heavy (non-hydrogen) atoms. The third-order valence-electron chi connectivity index (χ3n) is 2.54. The quantitative estimate of drug-likeness (QED) is 0.886. The highest BCUT2D eigenvalue weighted by Crippen LogP contribution is 2.16. The Kier molecular flexibility index (Phi) is 3.94. The van der Waals surface area contributed by atoms with E-state index in [-0.39, 0.29) is 11.6 Å². The van der Waals surface area contributed by atoms with Crippen LogP contribution in [0.25, 0.3) is 0 Å². The zero-order valence-corrected chi connectivity index (χ0v) is 11.0. The van der Waals surface area contributed by atoms with Gasteiger partial charge in [0.2, 0.25) is 0 Å². The maximum absolute atomic E-state index is 11.9. The van der Waals surface area contributed by atoms with Gasteiger partial charge < -0.3 is 11.1 Å². The summed E-state index contributed by atoms with van der Waals surface area (Å²) in [4.78, 5) is 18.3. The molecule has 2 rings (SSSR count). The molecule has 0 saturated heterocycles. The molecule has 94 valence electrons. The predicted octanol–water partition coefficient (Wildman–Crippen LogP) is 2.22. The van der Waals surface area contributed by atoms with Crippen LogP contribution in [0, 0.1) is 0 Å². The lowest BCUT2D eigenvalue weighted by Crippen LogP contribution is -2.24. The number of aromatic nitrogens is 1. The first kappa shape index (κ1) is 12.6. The molecule has 2 heterocycles. The van der Waals surface area contributed by atoms with Crippen LogP contribution in [0.4, 0.5) is 5.69 Å². The van der Waals surface area contributed by atoms with Gasteiger partial charge in [-0.2, -0.15) is 0 Å². The van der Waals surface area contributed by atoms with E-state index in [2.05, 4.69) is 23.3 Å². The summed E-state index contributed by atoms with van der Waals surface area (Å²) >= 11 is 1.71. The Balaban J connectivity index is 1.98. The van der Waals surface area contributed by atoms with Gasteiger partial charge in [0.15, 0.2) is 5.69 Å². The van der Waals surface area contributed by atoms with Crippen molar-refractivity contribution in [3.05, 3.63) is 45.9 Å². The number of aryl methyl sites for hydroxylation is 1. The number of amides is 1. The minimum absolute atomic E-state index is 0.237. The lowest BCUT2D eigenvalue weighted by Gasteiger charge is -2.04. The molecular formula is C13H15N3OS. The van der Waals surface area contributed by atoms with Crippen LogP contribution in [0.15, 0.2) is 30.5 Å². The first-order valence-electron chi connectivity index (χ1n) is 5.77. The van der Waals surface area contributed by atoms with Gasteiger partial charge in [-0.3, -0.25) is 4.79 Å². The number of thiophene rings is 1. The number of anilines is 1. The molecule has 1 amide bonds. The fourth-order valence-corrected chi connectivity index (χ4v) is 2.46. The topological polar surface area (TPSA) is 68.0 Å². The number of pyridine rings is 1. The molecule has 0 bridgehead atoms. The van der Waals surface area contributed by atoms with E-state index in [1.807, 2.05) is 6.07 Å². The highest BCUT2D eigenvalue weighted by Gasteiger charge is 2.10. The minimum Gasteiger partial charge on any atom is -0.397 e. The Bertz CT molecular complexity index is 551. The van der Waals surface area contributed by atoms with Gasteiger partial charge in [0.1, 0.15) is 0 Å². The van der Waals surface area contributed by atoms with Crippen molar-refractivity contribution in [1.29, 1.82) is 0 Å². The second-order valence-corrected chi connectivity index (χ2v) is 5.10. The van der Waals surface area contributed by atoms with Crippen LogP contribution in [0.3, 0.4) is 0 Å². The molecule has 0 radical (unpaired) electrons. The van der Waals surface area contributed by atoms with E-state index >= 15 is 0 Å². The second-order valence-electron chi connectivity index (χ2n) is 3.85. The number of hydrogen-bond acceptors (Lipinski definition) is 4. The summed E-state index contributed by atoms with van der Waals surface area (Å²) in [5, 5.41) is 2.82. The fraction of sp³-hybridized carbons (Fsp3) is 0.231. The van der Waals surface area contributed by atoms with Gasteiger partial charge in [-0.15, -0.1) is 11.3 Å². The number of rotatable bonds is 4. The zero-order valence-electron chi connectivity index (χ0n) is 10.1. The summed E-state index contributed by atoms with van der Waals surface area (Å²) in [7, 11) is 0. The van der Waals surface area contributed by atoms with Gasteiger partial charge in [-0.1, -0.05) is 6.92 Å². The first-order chi connectivity index (χ1) is 8.70. The molecule has 2 aromatic heterocycles. The average molecular weight is 261 g/mol. The predicted molar refractivity (Wildman–Crippen MR) is 73.5 cm³/mol. The van der Waals surface area contributed by atoms with Gasteiger partial charge in [0.05, 0.1) is 12.2 Å². The summed E-state index contributed by atoms with van der Waals surface area (Å²) in [6.07, 6.45) is 2.58. The Morgan fingerprint density at radius 2 is 2.17 bits per heavy atom. The Hall–Kier alpha value is -1.88. The smallest absolute Gasteiger partial charge is 0.272 e. The number of nitrogens with two attached hydrogens (primary N) is 1. The molecule has 0 aliphatic rings. The van der Waals surface area contributed by atoms with Crippen LogP contribution in [0.5, 0.6) is 0 Å². The van der Waals surface area contributed by atoms with Crippen molar-refractivity contribution >= 4 is 22.9 Å². The largest absolute Gasteiger partial charge is 0.397 e. The lowest BCUT2D eigenvalue weighted by molar-refractivity contribution is 0.0947. The molecular weight excluding hydrogens is 246 g/mol. The van der Waals surface area contributed by atoms with Gasteiger partial charge in [-0.25, -0.2) is 4.98 Å². The van der Waals surface area contributed by atoms with E-state index in [4.69, 9.17) is 5.73 Å². The second kappa shape index (κ2) is 5.64. The monoisotopic (exact) mass is 261 g/mol. The third kappa shape index (κ3) is 2.87. The maximum Gasteiger partial charge on any atom is 0.272 e. The van der Waals surface area contributed by atoms with Gasteiger partial charge >= 0.3 is 0 Å². The van der Waals surface area contributed by atoms with Crippen LogP contribution in [-0.2, 0) is 13.0 Å². The van der Waals surface area contributed by atoms with Gasteiger partial charge in [-0.05, 0) is 30.7 Å². The van der Waals surface area contributed by atoms with Crippen LogP contribution >= 0.6 is 11.3 Å². The van der Waals surface area contributed by atoms with Crippen molar-refractivity contribution in [3.63, 3.8) is 0 Å². The number of hydrogen-bond donors (Lipinski definition) is 2. The standard InChI is InChI=1S/C13H15N3OS/c1-2-9-5-6-10(18-9)8-16-13(17)12-11(14)4-3-7-15-12/h3-7H,2,8,14H2,1H3,(H,16,17). The number of nitrogens with zero attached hydrogens (tertiary/aromatic N) is 1. The summed E-state index contributed by atoms with van der Waals surface area (Å²) < 4.78 is 0. The van der Waals surface area contributed by atoms with Crippen molar-refractivity contribution in [3.8, 4) is 0 Å². The van der Waals surface area contributed by atoms with E-state index < -0.39 is 0 Å². The molecule has 0 fully saturated rings. The molecule has 0 aliphatic heterocycles. The van der Waals surface area contributed by atoms with Crippen LogP contribution < -0.4 is 11.1 Å². The molecule has 0 aliphatic carbocycles. The third-order valence-corrected chi connectivity index (χ3v) is 3.77. The number of carbonyl (C=O) groups excluding carboxylic acids is 1. The fourth-order valence-electron chi connectivity index (χ4n) is 1.57. The molecule has 3 N–H and O–H groups in total. The molecule has 0 atom stereocenters. The summed E-state index contributed by atoms with van der Waals surface area (Å²) in [6, 6.07) is 7.49. The van der Waals surface area contributed by atoms with Crippen LogP contribution in [0.1, 0.15) is 27.2 Å². The molecule has 5 heteroatoms. The van der Waals surface area contributed by atoms with Crippen molar-refractivity contribution in [2.45, 2.75) is 19.9 Å². The van der Waals surface area contributed by atoms with Crippen molar-refractivity contribution in [2.75, 3.05) is 5.73 Å². The summed E-state index contributed by atoms with van der Waals surface area (Å²) in [6.45, 7) is 2.63. The molecule has 0 saturated carbocycles. The number of nitrogen functional groups attached to an aromatic ring is 1. The van der Waals surface area contributed by atoms with E-state index in [0.717, 1.165) is 11.3 Å². The highest BCUT2D eigenvalue weighted by molar-refractivity contribution is 7.11. The van der Waals surface area contributed by atoms with Gasteiger partial charge in [0, 0.05) is 16.0 Å². The van der Waals surface area contributed by atoms with Crippen molar-refractivity contribution < 1.29 is 4.79 Å². The minimum atomic E-state index is -0.237. The van der Waals surface area contributed by atoms with E-state index in [0.29, 0.717) is 12.2 Å². The molecule has 4 nitrogen and oxygen atoms in total. The molecule has 2 aromatic rings. The van der Waals surface area contributed by atoms with Crippen LogP contribution in [0.2, 0.25) is 0 Å². The number of carbonyl (C=O) groups is 1. The normalized spacial score (nSPS) is 10.3. The maximum atomic E-state index is 11.9. The summed E-state index contributed by atoms with van der Waals surface area (Å²) in [5.41, 5.74) is 6.38. The zero-order chi connectivity index (χ0) is 13.0. The molecule has 0 unspecified atom stereocenters. The highest BCUT2D eigenvalue weighted by atomic mass is 32.1. The van der Waals surface area contributed by atoms with E-state index in [9.17, 15) is 4.79 Å². The number of nitrogens with one attached hydrogen (secondary N) is 1. The Morgan fingerprint density at radius 1 is 1.39 bits per heavy atom.